The van der Waals surface area contributed by atoms with Crippen LogP contribution in [0.4, 0.5) is 0 Å². The van der Waals surface area contributed by atoms with Crippen molar-refractivity contribution in [3.8, 4) is 0 Å². The molecule has 2 amide bonds. The number of phosphoric ester groups is 2. The maximum Gasteiger partial charge on any atom is 0.483 e. The second kappa shape index (κ2) is 19.4. The largest absolute Gasteiger partial charge is 0.483 e. The number of carbonyl (C=O) groups excluding carboxylic acids is 3. The van der Waals surface area contributed by atoms with Gasteiger partial charge in [-0.15, -0.1) is 0 Å². The quantitative estimate of drug-likeness (QED) is 0.0396. The van der Waals surface area contributed by atoms with Crippen molar-refractivity contribution in [2.24, 2.45) is 0 Å². The van der Waals surface area contributed by atoms with E-state index < -0.39 is 107 Å². The number of ether oxygens (including phenoxy) is 2. The molecule has 0 radical (unpaired) electrons. The average molecular weight is 873 g/mol. The Kier molecular flexibility index (Phi) is 15.1. The first kappa shape index (κ1) is 45.8. The van der Waals surface area contributed by atoms with Crippen LogP contribution in [0, 0.1) is 0 Å². The van der Waals surface area contributed by atoms with Gasteiger partial charge in [-0.05, 0) is 25.0 Å². The SMILES string of the molecule is CC(=O)NC1C(OP(=O)(O)OP(=O)(O)OC[C@H]2O[C@@H](n3cc(CCCNC(=O)c4ccc(C(=O)c5ccccc5)cc4)c(=O)[nH]c3=O)[C@H](O)[C@@H]2O)OC(CO)C(O)C1O. The Hall–Kier alpha value is -4.29. The minimum absolute atomic E-state index is 0.00426. The summed E-state index contributed by atoms with van der Waals surface area (Å²) in [6.45, 7) is -0.968. The van der Waals surface area contributed by atoms with Gasteiger partial charge in [-0.1, -0.05) is 42.5 Å². The van der Waals surface area contributed by atoms with E-state index in [2.05, 4.69) is 24.5 Å². The Morgan fingerprint density at radius 2 is 1.47 bits per heavy atom. The zero-order valence-electron chi connectivity index (χ0n) is 30.9. The number of aliphatic hydroxyl groups is 5. The molecule has 1 aromatic heterocycles. The van der Waals surface area contributed by atoms with Crippen molar-refractivity contribution in [1.29, 1.82) is 0 Å². The van der Waals surface area contributed by atoms with Gasteiger partial charge in [-0.25, -0.2) is 13.9 Å². The molecule has 5 rings (SSSR count). The summed E-state index contributed by atoms with van der Waals surface area (Å²) in [5, 5.41) is 55.9. The molecule has 2 saturated heterocycles. The van der Waals surface area contributed by atoms with Crippen LogP contribution in [0.3, 0.4) is 0 Å². The molecule has 3 aromatic rings. The van der Waals surface area contributed by atoms with Crippen LogP contribution in [-0.4, -0.2) is 131 Å². The fourth-order valence-electron chi connectivity index (χ4n) is 6.14. The van der Waals surface area contributed by atoms with Gasteiger partial charge in [0.15, 0.2) is 18.3 Å². The minimum atomic E-state index is -5.72. The number of aromatic amines is 1. The van der Waals surface area contributed by atoms with Gasteiger partial charge in [-0.2, -0.15) is 4.31 Å². The fraction of sp³-hybridized carbons (Fsp3) is 0.441. The normalized spacial score (nSPS) is 27.6. The summed E-state index contributed by atoms with van der Waals surface area (Å²) in [7, 11) is -11.3. The number of amides is 2. The first-order valence-corrected chi connectivity index (χ1v) is 20.7. The number of ketones is 1. The van der Waals surface area contributed by atoms with E-state index in [-0.39, 0.29) is 36.3 Å². The lowest BCUT2D eigenvalue weighted by Gasteiger charge is -2.42. The first-order chi connectivity index (χ1) is 27.8. The molecule has 2 aliphatic heterocycles. The number of benzene rings is 2. The summed E-state index contributed by atoms with van der Waals surface area (Å²) >= 11 is 0. The number of hydrogen-bond donors (Lipinski definition) is 10. The summed E-state index contributed by atoms with van der Waals surface area (Å²) in [5.74, 6) is -1.48. The molecule has 59 heavy (non-hydrogen) atoms. The third-order valence-corrected chi connectivity index (χ3v) is 11.7. The van der Waals surface area contributed by atoms with Crippen LogP contribution in [0.1, 0.15) is 51.4 Å². The predicted octanol–water partition coefficient (Wildman–Crippen LogP) is -2.06. The number of aliphatic hydroxyl groups excluding tert-OH is 5. The summed E-state index contributed by atoms with van der Waals surface area (Å²) in [4.78, 5) is 84.7. The lowest BCUT2D eigenvalue weighted by atomic mass is 9.97. The van der Waals surface area contributed by atoms with E-state index in [1.54, 1.807) is 30.3 Å². The Bertz CT molecular complexity index is 2190. The maximum atomic E-state index is 12.7. The third-order valence-electron chi connectivity index (χ3n) is 9.10. The molecule has 3 heterocycles. The van der Waals surface area contributed by atoms with Gasteiger partial charge >= 0.3 is 21.3 Å². The van der Waals surface area contributed by atoms with Gasteiger partial charge in [0.2, 0.25) is 5.91 Å². The molecule has 2 aromatic carbocycles. The van der Waals surface area contributed by atoms with Gasteiger partial charge < -0.3 is 55.4 Å². The second-order valence-electron chi connectivity index (χ2n) is 13.4. The van der Waals surface area contributed by atoms with Crippen molar-refractivity contribution in [3.05, 3.63) is 104 Å². The van der Waals surface area contributed by atoms with Crippen LogP contribution >= 0.6 is 15.6 Å². The molecule has 2 aliphatic rings. The van der Waals surface area contributed by atoms with Gasteiger partial charge in [0.25, 0.3) is 11.5 Å². The van der Waals surface area contributed by atoms with Crippen LogP contribution in [0.15, 0.2) is 70.4 Å². The molecule has 10 N–H and O–H groups in total. The molecule has 0 saturated carbocycles. The molecule has 11 atom stereocenters. The zero-order chi connectivity index (χ0) is 43.2. The number of rotatable bonds is 17. The van der Waals surface area contributed by atoms with Crippen LogP contribution in [0.5, 0.6) is 0 Å². The molecule has 0 bridgehead atoms. The number of aryl methyl sites for hydroxylation is 1. The highest BCUT2D eigenvalue weighted by molar-refractivity contribution is 7.61. The Labute approximate surface area is 333 Å². The minimum Gasteiger partial charge on any atom is -0.394 e. The zero-order valence-corrected chi connectivity index (χ0v) is 32.7. The monoisotopic (exact) mass is 872 g/mol. The topological polar surface area (TPSA) is 352 Å². The Morgan fingerprint density at radius 3 is 2.12 bits per heavy atom. The van der Waals surface area contributed by atoms with Crippen molar-refractivity contribution in [2.75, 3.05) is 19.8 Å². The lowest BCUT2D eigenvalue weighted by molar-refractivity contribution is -0.247. The number of hydrogen-bond acceptors (Lipinski definition) is 17. The summed E-state index contributed by atoms with van der Waals surface area (Å²) in [6.07, 6.45) is -13.4. The molecule has 2 fully saturated rings. The van der Waals surface area contributed by atoms with E-state index in [4.69, 9.17) is 14.0 Å². The van der Waals surface area contributed by atoms with E-state index in [1.807, 2.05) is 0 Å². The summed E-state index contributed by atoms with van der Waals surface area (Å²) in [6, 6.07) is 12.9. The summed E-state index contributed by atoms with van der Waals surface area (Å²) in [5.41, 5.74) is -0.698. The van der Waals surface area contributed by atoms with Gasteiger partial charge in [0, 0.05) is 41.9 Å². The smallest absolute Gasteiger partial charge is 0.394 e. The highest BCUT2D eigenvalue weighted by atomic mass is 31.3. The molecule has 25 heteroatoms. The van der Waals surface area contributed by atoms with Crippen LogP contribution in [-0.2, 0) is 43.2 Å². The van der Waals surface area contributed by atoms with Crippen molar-refractivity contribution in [3.63, 3.8) is 0 Å². The number of carbonyl (C=O) groups is 3. The molecular weight excluding hydrogens is 830 g/mol. The number of nitrogens with one attached hydrogen (secondary N) is 3. The number of nitrogens with zero attached hydrogens (tertiary/aromatic N) is 1. The molecule has 0 spiro atoms. The van der Waals surface area contributed by atoms with Crippen molar-refractivity contribution in [2.45, 2.75) is 74.9 Å². The third kappa shape index (κ3) is 11.5. The highest BCUT2D eigenvalue weighted by Crippen LogP contribution is 2.61. The van der Waals surface area contributed by atoms with Crippen molar-refractivity contribution >= 4 is 33.2 Å². The number of H-pyrrole nitrogens is 1. The van der Waals surface area contributed by atoms with Crippen molar-refractivity contribution < 1.29 is 81.7 Å². The maximum absolute atomic E-state index is 12.7. The van der Waals surface area contributed by atoms with Gasteiger partial charge in [0.05, 0.1) is 13.2 Å². The number of aromatic nitrogens is 2. The molecule has 0 aliphatic carbocycles. The highest BCUT2D eigenvalue weighted by Gasteiger charge is 2.50. The van der Waals surface area contributed by atoms with E-state index in [1.165, 1.54) is 24.3 Å². The van der Waals surface area contributed by atoms with E-state index in [9.17, 15) is 68.4 Å². The molecule has 23 nitrogen and oxygen atoms in total. The molecular formula is C34H42N4O19P2. The molecule has 322 valence electrons. The predicted molar refractivity (Wildman–Crippen MR) is 197 cm³/mol. The number of phosphoric acid groups is 2. The van der Waals surface area contributed by atoms with E-state index >= 15 is 0 Å². The molecule has 7 unspecified atom stereocenters. The Balaban J connectivity index is 1.15. The van der Waals surface area contributed by atoms with Crippen LogP contribution in [0.2, 0.25) is 0 Å². The van der Waals surface area contributed by atoms with E-state index in [0.717, 1.165) is 17.7 Å². The first-order valence-electron chi connectivity index (χ1n) is 17.7. The Morgan fingerprint density at radius 1 is 0.847 bits per heavy atom. The lowest BCUT2D eigenvalue weighted by Crippen LogP contribution is -2.64. The average Bonchev–Trinajstić information content (AvgIpc) is 3.47. The van der Waals surface area contributed by atoms with Crippen LogP contribution in [0.25, 0.3) is 0 Å². The standard InChI is InChI=1S/C34H42N4O19P2/c1-17(40)36-24-28(44)26(42)22(15-39)55-33(24)56-59(51,52)57-58(49,50)53-16-23-27(43)29(45)32(54-23)38-14-21(31(47)37-34(38)48)8-5-13-35-30(46)20-11-9-19(10-12-20)25(41)18-6-3-2-4-7-18/h2-4,6-7,9-12,14,22-24,26-29,32-33,39,42-45H,5,8,13,15-16H2,1H3,(H,35,46)(H,36,40)(H,49,50)(H,51,52)(H,37,47,48)/t22?,23-,24?,26?,27-,28?,29-,32-,33?/m1/s1. The van der Waals surface area contributed by atoms with Crippen LogP contribution < -0.4 is 21.9 Å². The van der Waals surface area contributed by atoms with Crippen molar-refractivity contribution in [1.82, 2.24) is 20.2 Å². The van der Waals surface area contributed by atoms with E-state index in [0.29, 0.717) is 11.1 Å². The summed E-state index contributed by atoms with van der Waals surface area (Å²) < 4.78 is 50.4. The second-order valence-corrected chi connectivity index (χ2v) is 16.3. The fourth-order valence-corrected chi connectivity index (χ4v) is 8.30. The van der Waals surface area contributed by atoms with Gasteiger partial charge in [0.1, 0.15) is 42.7 Å². The van der Waals surface area contributed by atoms with Gasteiger partial charge in [-0.3, -0.25) is 37.8 Å².